The van der Waals surface area contributed by atoms with Crippen LogP contribution in [-0.2, 0) is 10.3 Å². The Morgan fingerprint density at radius 2 is 1.87 bits per heavy atom. The average molecular weight is 534 g/mol. The smallest absolute Gasteiger partial charge is 0.409 e. The summed E-state index contributed by atoms with van der Waals surface area (Å²) in [7, 11) is 2.07. The molecule has 0 bridgehead atoms. The fourth-order valence-electron chi connectivity index (χ4n) is 6.15. The van der Waals surface area contributed by atoms with E-state index in [1.54, 1.807) is 17.3 Å². The van der Waals surface area contributed by atoms with Gasteiger partial charge in [0.25, 0.3) is 0 Å². The molecule has 208 valence electrons. The standard InChI is InChI=1S/C30H39N5O4/c1-6-38-28(36)35-13-11-22(12-14-35)27-32-26(33-39-27)23-15-25(17-31-16-23)30(37,29(4)18-34(5)19-29)24-9-7-21(8-10-24)20(2)3/h7-10,15-17,20,22,37H,6,11-14,18-19H2,1-5H3. The normalized spacial score (nSPS) is 19.5. The number of hydrogen-bond acceptors (Lipinski definition) is 8. The molecule has 0 saturated carbocycles. The van der Waals surface area contributed by atoms with Gasteiger partial charge in [0.15, 0.2) is 0 Å². The summed E-state index contributed by atoms with van der Waals surface area (Å²) in [5, 5.41) is 16.8. The van der Waals surface area contributed by atoms with Gasteiger partial charge < -0.3 is 24.2 Å². The summed E-state index contributed by atoms with van der Waals surface area (Å²) in [6.07, 6.45) is 4.64. The van der Waals surface area contributed by atoms with Crippen LogP contribution in [0.2, 0.25) is 0 Å². The number of hydrogen-bond donors (Lipinski definition) is 1. The zero-order valence-electron chi connectivity index (χ0n) is 23.6. The van der Waals surface area contributed by atoms with E-state index in [4.69, 9.17) is 14.2 Å². The van der Waals surface area contributed by atoms with Crippen LogP contribution in [0.3, 0.4) is 0 Å². The second kappa shape index (κ2) is 10.7. The minimum absolute atomic E-state index is 0.0777. The van der Waals surface area contributed by atoms with Gasteiger partial charge in [-0.3, -0.25) is 4.98 Å². The van der Waals surface area contributed by atoms with Gasteiger partial charge >= 0.3 is 6.09 Å². The maximum absolute atomic E-state index is 12.5. The van der Waals surface area contributed by atoms with Gasteiger partial charge in [0.2, 0.25) is 11.7 Å². The van der Waals surface area contributed by atoms with Crippen molar-refractivity contribution >= 4 is 6.09 Å². The summed E-state index contributed by atoms with van der Waals surface area (Å²) in [6, 6.07) is 10.2. The molecule has 1 aromatic carbocycles. The molecular weight excluding hydrogens is 494 g/mol. The number of pyridine rings is 1. The molecule has 0 radical (unpaired) electrons. The summed E-state index contributed by atoms with van der Waals surface area (Å²) in [5.74, 6) is 1.49. The van der Waals surface area contributed by atoms with Gasteiger partial charge in [-0.1, -0.05) is 50.2 Å². The number of ether oxygens (including phenoxy) is 1. The minimum atomic E-state index is -1.25. The monoisotopic (exact) mass is 533 g/mol. The van der Waals surface area contributed by atoms with Crippen molar-refractivity contribution in [1.29, 1.82) is 0 Å². The first-order valence-corrected chi connectivity index (χ1v) is 13.9. The van der Waals surface area contributed by atoms with Gasteiger partial charge in [-0.05, 0) is 49.9 Å². The highest BCUT2D eigenvalue weighted by molar-refractivity contribution is 5.67. The zero-order chi connectivity index (χ0) is 27.8. The second-order valence-corrected chi connectivity index (χ2v) is 11.6. The Morgan fingerprint density at radius 3 is 2.49 bits per heavy atom. The fraction of sp³-hybridized carbons (Fsp3) is 0.533. The maximum atomic E-state index is 12.5. The van der Waals surface area contributed by atoms with Crippen LogP contribution < -0.4 is 0 Å². The Balaban J connectivity index is 1.41. The fourth-order valence-corrected chi connectivity index (χ4v) is 6.15. The molecule has 0 spiro atoms. The van der Waals surface area contributed by atoms with Crippen molar-refractivity contribution in [1.82, 2.24) is 24.9 Å². The Morgan fingerprint density at radius 1 is 1.18 bits per heavy atom. The molecule has 4 heterocycles. The predicted octanol–water partition coefficient (Wildman–Crippen LogP) is 4.78. The van der Waals surface area contributed by atoms with E-state index in [2.05, 4.69) is 55.0 Å². The third kappa shape index (κ3) is 5.05. The first kappa shape index (κ1) is 27.3. The molecule has 0 aliphatic carbocycles. The van der Waals surface area contributed by atoms with Gasteiger partial charge in [-0.15, -0.1) is 0 Å². The maximum Gasteiger partial charge on any atom is 0.409 e. The van der Waals surface area contributed by atoms with Crippen molar-refractivity contribution in [3.05, 3.63) is 65.3 Å². The predicted molar refractivity (Wildman–Crippen MR) is 147 cm³/mol. The molecule has 1 atom stereocenters. The molecular formula is C30H39N5O4. The third-order valence-corrected chi connectivity index (χ3v) is 8.33. The summed E-state index contributed by atoms with van der Waals surface area (Å²) in [4.78, 5) is 25.2. The molecule has 5 rings (SSSR count). The highest BCUT2D eigenvalue weighted by Crippen LogP contribution is 2.50. The molecule has 39 heavy (non-hydrogen) atoms. The minimum Gasteiger partial charge on any atom is -0.450 e. The van der Waals surface area contributed by atoms with Crippen LogP contribution in [0.4, 0.5) is 4.79 Å². The number of amides is 1. The molecule has 9 nitrogen and oxygen atoms in total. The molecule has 1 unspecified atom stereocenters. The van der Waals surface area contributed by atoms with Crippen molar-refractivity contribution in [2.75, 3.05) is 39.8 Å². The number of piperidine rings is 1. The summed E-state index contributed by atoms with van der Waals surface area (Å²) in [6.45, 7) is 11.3. The number of rotatable bonds is 7. The van der Waals surface area contributed by atoms with Crippen molar-refractivity contribution in [3.63, 3.8) is 0 Å². The Kier molecular flexibility index (Phi) is 7.48. The molecule has 2 aliphatic rings. The number of aromatic nitrogens is 3. The van der Waals surface area contributed by atoms with Gasteiger partial charge in [0, 0.05) is 61.0 Å². The van der Waals surface area contributed by atoms with Crippen LogP contribution in [0, 0.1) is 5.41 Å². The highest BCUT2D eigenvalue weighted by Gasteiger charge is 2.55. The quantitative estimate of drug-likeness (QED) is 0.463. The number of carbonyl (C=O) groups excluding carboxylic acids is 1. The summed E-state index contributed by atoms with van der Waals surface area (Å²) < 4.78 is 10.8. The topological polar surface area (TPSA) is 105 Å². The first-order chi connectivity index (χ1) is 18.6. The van der Waals surface area contributed by atoms with Gasteiger partial charge in [0.1, 0.15) is 5.60 Å². The third-order valence-electron chi connectivity index (χ3n) is 8.33. The van der Waals surface area contributed by atoms with Crippen molar-refractivity contribution in [2.45, 2.75) is 58.0 Å². The number of likely N-dealkylation sites (tertiary alicyclic amines) is 2. The SMILES string of the molecule is CCOC(=O)N1CCC(c2nc(-c3cncc(C(O)(c4ccc(C(C)C)cc4)C4(C)CN(C)C4)c3)no2)CC1. The van der Waals surface area contributed by atoms with E-state index in [1.165, 1.54) is 5.56 Å². The highest BCUT2D eigenvalue weighted by atomic mass is 16.6. The zero-order valence-corrected chi connectivity index (χ0v) is 23.6. The molecule has 9 heteroatoms. The lowest BCUT2D eigenvalue weighted by Crippen LogP contribution is -2.63. The van der Waals surface area contributed by atoms with Crippen LogP contribution in [0.1, 0.15) is 75.0 Å². The lowest BCUT2D eigenvalue weighted by Gasteiger charge is -2.55. The van der Waals surface area contributed by atoms with E-state index in [-0.39, 0.29) is 12.0 Å². The lowest BCUT2D eigenvalue weighted by atomic mass is 9.62. The molecule has 2 aliphatic heterocycles. The molecule has 1 amide bonds. The van der Waals surface area contributed by atoms with Crippen LogP contribution >= 0.6 is 0 Å². The molecule has 3 aromatic rings. The van der Waals surface area contributed by atoms with Crippen LogP contribution in [-0.4, -0.2) is 76.0 Å². The molecule has 2 saturated heterocycles. The van der Waals surface area contributed by atoms with Gasteiger partial charge in [-0.2, -0.15) is 4.98 Å². The average Bonchev–Trinajstić information content (AvgIpc) is 3.43. The summed E-state index contributed by atoms with van der Waals surface area (Å²) in [5.41, 5.74) is 1.85. The van der Waals surface area contributed by atoms with E-state index in [0.717, 1.165) is 31.5 Å². The van der Waals surface area contributed by atoms with E-state index >= 15 is 0 Å². The Hall–Kier alpha value is -3.30. The molecule has 2 fully saturated rings. The van der Waals surface area contributed by atoms with Gasteiger partial charge in [-0.25, -0.2) is 4.79 Å². The largest absolute Gasteiger partial charge is 0.450 e. The van der Waals surface area contributed by atoms with Crippen LogP contribution in [0.15, 0.2) is 47.2 Å². The first-order valence-electron chi connectivity index (χ1n) is 13.9. The van der Waals surface area contributed by atoms with Gasteiger partial charge in [0.05, 0.1) is 6.61 Å². The Bertz CT molecular complexity index is 1290. The lowest BCUT2D eigenvalue weighted by molar-refractivity contribution is -0.127. The van der Waals surface area contributed by atoms with E-state index < -0.39 is 11.0 Å². The van der Waals surface area contributed by atoms with Crippen LogP contribution in [0.5, 0.6) is 0 Å². The van der Waals surface area contributed by atoms with Crippen molar-refractivity contribution < 1.29 is 19.2 Å². The van der Waals surface area contributed by atoms with Crippen molar-refractivity contribution in [2.24, 2.45) is 5.41 Å². The second-order valence-electron chi connectivity index (χ2n) is 11.6. The summed E-state index contributed by atoms with van der Waals surface area (Å²) >= 11 is 0. The number of aliphatic hydroxyl groups is 1. The Labute approximate surface area is 230 Å². The van der Waals surface area contributed by atoms with Crippen LogP contribution in [0.25, 0.3) is 11.4 Å². The van der Waals surface area contributed by atoms with E-state index in [9.17, 15) is 9.90 Å². The number of nitrogens with zero attached hydrogens (tertiary/aromatic N) is 5. The van der Waals surface area contributed by atoms with E-state index in [0.29, 0.717) is 48.5 Å². The molecule has 2 aromatic heterocycles. The van der Waals surface area contributed by atoms with E-state index in [1.807, 2.05) is 25.1 Å². The number of benzene rings is 1. The van der Waals surface area contributed by atoms with Crippen molar-refractivity contribution in [3.8, 4) is 11.4 Å². The number of carbonyl (C=O) groups is 1. The molecule has 1 N–H and O–H groups in total.